The van der Waals surface area contributed by atoms with Gasteiger partial charge in [0.1, 0.15) is 0 Å². The molecule has 0 radical (unpaired) electrons. The summed E-state index contributed by atoms with van der Waals surface area (Å²) >= 11 is 0. The Morgan fingerprint density at radius 2 is 1.90 bits per heavy atom. The summed E-state index contributed by atoms with van der Waals surface area (Å²) in [7, 11) is 0. The van der Waals surface area contributed by atoms with Crippen molar-refractivity contribution >= 4 is 11.2 Å². The van der Waals surface area contributed by atoms with Gasteiger partial charge in [-0.1, -0.05) is 0 Å². The van der Waals surface area contributed by atoms with Gasteiger partial charge in [-0.3, -0.25) is 4.79 Å². The van der Waals surface area contributed by atoms with Gasteiger partial charge in [0.2, 0.25) is 0 Å². The van der Waals surface area contributed by atoms with Crippen molar-refractivity contribution < 1.29 is 0 Å². The fourth-order valence-corrected chi connectivity index (χ4v) is 0.776. The maximum absolute atomic E-state index is 10.9. The smallest absolute Gasteiger partial charge is 0.276 e. The number of nitrogens with one attached hydrogen (secondary N) is 2. The Balaban J connectivity index is 3.09. The molecule has 0 saturated carbocycles. The normalized spacial score (nSPS) is 10.4. The molecular formula is C5H4N4O. The van der Waals surface area contributed by atoms with Gasteiger partial charge in [-0.2, -0.15) is 0 Å². The van der Waals surface area contributed by atoms with Crippen molar-refractivity contribution in [1.82, 2.24) is 19.9 Å². The van der Waals surface area contributed by atoms with Crippen LogP contribution in [0.25, 0.3) is 11.2 Å². The zero-order chi connectivity index (χ0) is 6.97. The molecule has 0 aromatic carbocycles. The Hall–Kier alpha value is -1.65. The number of hydrogen-bond donors (Lipinski definition) is 2. The lowest BCUT2D eigenvalue weighted by Gasteiger charge is -1.81. The van der Waals surface area contributed by atoms with E-state index in [1.807, 2.05) is 0 Å². The van der Waals surface area contributed by atoms with E-state index in [9.17, 15) is 4.79 Å². The minimum Gasteiger partial charge on any atom is -0.339 e. The van der Waals surface area contributed by atoms with Crippen LogP contribution in [0.15, 0.2) is 17.4 Å². The molecule has 5 nitrogen and oxygen atoms in total. The van der Waals surface area contributed by atoms with Gasteiger partial charge in [0.15, 0.2) is 11.2 Å². The number of nitrogens with zero attached hydrogens (tertiary/aromatic N) is 2. The lowest BCUT2D eigenvalue weighted by atomic mass is 10.6. The molecule has 0 amide bonds. The first kappa shape index (κ1) is 5.16. The largest absolute Gasteiger partial charge is 0.339 e. The summed E-state index contributed by atoms with van der Waals surface area (Å²) < 4.78 is 0. The number of imidazole rings is 1. The molecule has 5 heteroatoms. The molecule has 2 aromatic heterocycles. The molecule has 2 heterocycles. The second-order valence-electron chi connectivity index (χ2n) is 1.83. The summed E-state index contributed by atoms with van der Waals surface area (Å²) in [5.74, 6) is 0. The third-order valence-electron chi connectivity index (χ3n) is 1.23. The molecule has 0 spiro atoms. The summed E-state index contributed by atoms with van der Waals surface area (Å²) in [6.45, 7) is 0. The van der Waals surface area contributed by atoms with E-state index in [0.29, 0.717) is 11.2 Å². The van der Waals surface area contributed by atoms with Crippen molar-refractivity contribution in [3.8, 4) is 0 Å². The zero-order valence-electron chi connectivity index (χ0n) is 4.96. The number of fused-ring (bicyclic) bond motifs is 1. The van der Waals surface area contributed by atoms with Crippen molar-refractivity contribution in [2.45, 2.75) is 0 Å². The first-order valence-corrected chi connectivity index (χ1v) is 2.75. The van der Waals surface area contributed by atoms with Crippen LogP contribution in [0.1, 0.15) is 0 Å². The molecule has 0 unspecified atom stereocenters. The Labute approximate surface area is 55.1 Å². The molecule has 2 N–H and O–H groups in total. The van der Waals surface area contributed by atoms with Crippen LogP contribution in [0, 0.1) is 0 Å². The van der Waals surface area contributed by atoms with Crippen LogP contribution in [0.2, 0.25) is 0 Å². The Morgan fingerprint density at radius 3 is 2.60 bits per heavy atom. The van der Waals surface area contributed by atoms with Crippen LogP contribution < -0.4 is 5.56 Å². The molecule has 10 heavy (non-hydrogen) atoms. The van der Waals surface area contributed by atoms with Crippen molar-refractivity contribution in [3.05, 3.63) is 23.0 Å². The number of rotatable bonds is 0. The van der Waals surface area contributed by atoms with E-state index in [1.165, 1.54) is 12.7 Å². The lowest BCUT2D eigenvalue weighted by Crippen LogP contribution is -2.05. The zero-order valence-corrected chi connectivity index (χ0v) is 4.96. The van der Waals surface area contributed by atoms with Crippen LogP contribution in [0.4, 0.5) is 0 Å². The van der Waals surface area contributed by atoms with Crippen molar-refractivity contribution in [3.63, 3.8) is 0 Å². The Bertz CT molecular complexity index is 401. The van der Waals surface area contributed by atoms with E-state index in [4.69, 9.17) is 0 Å². The summed E-state index contributed by atoms with van der Waals surface area (Å²) in [6.07, 6.45) is 2.76. The molecular weight excluding hydrogens is 133 g/mol. The van der Waals surface area contributed by atoms with E-state index in [0.717, 1.165) is 0 Å². The fourth-order valence-electron chi connectivity index (χ4n) is 0.776. The van der Waals surface area contributed by atoms with Crippen LogP contribution in [-0.2, 0) is 0 Å². The van der Waals surface area contributed by atoms with E-state index >= 15 is 0 Å². The average molecular weight is 137 g/mol. The number of aromatic nitrogens is 4. The summed E-state index contributed by atoms with van der Waals surface area (Å²) in [6, 6.07) is 0. The summed E-state index contributed by atoms with van der Waals surface area (Å²) in [5, 5.41) is 0. The molecule has 0 aliphatic rings. The first-order chi connectivity index (χ1) is 4.88. The standard InChI is InChI=1S/C5H4N4O/c10-5-3-4(7-1-6-3)8-2-9-5/h1-2H,(H2,6,7,8,9,10)/i2+1. The minimum absolute atomic E-state index is 0.192. The summed E-state index contributed by atoms with van der Waals surface area (Å²) in [5.41, 5.74) is 0.675. The first-order valence-electron chi connectivity index (χ1n) is 2.75. The number of hydrogen-bond acceptors (Lipinski definition) is 3. The predicted molar refractivity (Wildman–Crippen MR) is 34.5 cm³/mol. The maximum Gasteiger partial charge on any atom is 0.276 e. The van der Waals surface area contributed by atoms with Crippen LogP contribution >= 0.6 is 0 Å². The van der Waals surface area contributed by atoms with Gasteiger partial charge in [0.25, 0.3) is 5.56 Å². The van der Waals surface area contributed by atoms with E-state index in [-0.39, 0.29) is 5.56 Å². The monoisotopic (exact) mass is 137 g/mol. The molecule has 2 rings (SSSR count). The average Bonchev–Trinajstić information content (AvgIpc) is 2.36. The van der Waals surface area contributed by atoms with Crippen molar-refractivity contribution in [2.24, 2.45) is 0 Å². The lowest BCUT2D eigenvalue weighted by molar-refractivity contribution is 1.15. The van der Waals surface area contributed by atoms with Crippen LogP contribution in [0.3, 0.4) is 0 Å². The van der Waals surface area contributed by atoms with Gasteiger partial charge >= 0.3 is 0 Å². The number of H-pyrrole nitrogens is 2. The highest BCUT2D eigenvalue weighted by molar-refractivity contribution is 5.67. The van der Waals surface area contributed by atoms with Crippen LogP contribution in [-0.4, -0.2) is 19.9 Å². The highest BCUT2D eigenvalue weighted by atomic mass is 16.1. The van der Waals surface area contributed by atoms with E-state index < -0.39 is 0 Å². The molecule has 0 saturated heterocycles. The molecule has 0 aliphatic carbocycles. The molecule has 0 fully saturated rings. The molecule has 0 bridgehead atoms. The second-order valence-corrected chi connectivity index (χ2v) is 1.83. The Morgan fingerprint density at radius 1 is 1.20 bits per heavy atom. The number of aromatic amines is 2. The van der Waals surface area contributed by atoms with Crippen molar-refractivity contribution in [2.75, 3.05) is 0 Å². The van der Waals surface area contributed by atoms with Crippen LogP contribution in [0.5, 0.6) is 0 Å². The molecule has 0 aliphatic heterocycles. The van der Waals surface area contributed by atoms with Gasteiger partial charge in [0.05, 0.1) is 12.7 Å². The molecule has 0 atom stereocenters. The van der Waals surface area contributed by atoms with Gasteiger partial charge < -0.3 is 9.97 Å². The van der Waals surface area contributed by atoms with E-state index in [1.54, 1.807) is 0 Å². The fraction of sp³-hybridized carbons (Fsp3) is 0. The predicted octanol–water partition coefficient (Wildman–Crippen LogP) is -0.354. The highest BCUT2D eigenvalue weighted by Gasteiger charge is 1.97. The SMILES string of the molecule is O=c1[nH][13cH]nc2nc[nH]c12. The minimum atomic E-state index is -0.192. The molecule has 2 aromatic rings. The second kappa shape index (κ2) is 1.66. The topological polar surface area (TPSA) is 74.4 Å². The van der Waals surface area contributed by atoms with Crippen molar-refractivity contribution in [1.29, 1.82) is 0 Å². The van der Waals surface area contributed by atoms with Gasteiger partial charge in [0, 0.05) is 0 Å². The third kappa shape index (κ3) is 0.540. The third-order valence-corrected chi connectivity index (χ3v) is 1.23. The van der Waals surface area contributed by atoms with E-state index in [2.05, 4.69) is 19.9 Å². The maximum atomic E-state index is 10.9. The van der Waals surface area contributed by atoms with Gasteiger partial charge in [-0.15, -0.1) is 0 Å². The van der Waals surface area contributed by atoms with Gasteiger partial charge in [-0.05, 0) is 0 Å². The quantitative estimate of drug-likeness (QED) is 0.521. The summed E-state index contributed by atoms with van der Waals surface area (Å²) in [4.78, 5) is 23.6. The van der Waals surface area contributed by atoms with Gasteiger partial charge in [-0.25, -0.2) is 9.97 Å². The highest BCUT2D eigenvalue weighted by Crippen LogP contribution is 1.94. The Kier molecular flexibility index (Phi) is 0.858. The molecule has 50 valence electrons.